The zero-order chi connectivity index (χ0) is 14.9. The first kappa shape index (κ1) is 13.6. The largest absolute Gasteiger partial charge is 0.356 e. The number of hydrogen-bond donors (Lipinski definition) is 0. The predicted octanol–water partition coefficient (Wildman–Crippen LogP) is 4.05. The molecule has 0 aliphatic carbocycles. The lowest BCUT2D eigenvalue weighted by atomic mass is 10.1. The number of nitrogens with zero attached hydrogens (tertiary/aromatic N) is 4. The number of anilines is 1. The van der Waals surface area contributed by atoms with Crippen molar-refractivity contribution in [3.63, 3.8) is 0 Å². The molecule has 3 aromatic heterocycles. The SMILES string of the molecule is Cc1csc2nc(-c3ccncc3)nc(N3CCCCC3)c12. The summed E-state index contributed by atoms with van der Waals surface area (Å²) in [5, 5.41) is 3.41. The van der Waals surface area contributed by atoms with Gasteiger partial charge >= 0.3 is 0 Å². The summed E-state index contributed by atoms with van der Waals surface area (Å²) in [7, 11) is 0. The van der Waals surface area contributed by atoms with Gasteiger partial charge in [-0.05, 0) is 49.3 Å². The first-order valence-electron chi connectivity index (χ1n) is 7.74. The number of aromatic nitrogens is 3. The van der Waals surface area contributed by atoms with E-state index in [1.807, 2.05) is 12.1 Å². The minimum absolute atomic E-state index is 0.803. The van der Waals surface area contributed by atoms with E-state index in [-0.39, 0.29) is 0 Å². The molecule has 5 heteroatoms. The number of hydrogen-bond acceptors (Lipinski definition) is 5. The highest BCUT2D eigenvalue weighted by Crippen LogP contribution is 2.34. The molecule has 0 spiro atoms. The maximum absolute atomic E-state index is 4.92. The summed E-state index contributed by atoms with van der Waals surface area (Å²) in [6.45, 7) is 4.34. The molecule has 4 heterocycles. The third-order valence-corrected chi connectivity index (χ3v) is 5.18. The van der Waals surface area contributed by atoms with Gasteiger partial charge < -0.3 is 4.90 Å². The lowest BCUT2D eigenvalue weighted by Crippen LogP contribution is -2.30. The average Bonchev–Trinajstić information content (AvgIpc) is 2.97. The summed E-state index contributed by atoms with van der Waals surface area (Å²) >= 11 is 1.71. The summed E-state index contributed by atoms with van der Waals surface area (Å²) in [6, 6.07) is 3.95. The molecule has 0 unspecified atom stereocenters. The van der Waals surface area contributed by atoms with Crippen molar-refractivity contribution in [3.8, 4) is 11.4 Å². The maximum atomic E-state index is 4.92. The van der Waals surface area contributed by atoms with Gasteiger partial charge in [0, 0.05) is 31.0 Å². The zero-order valence-corrected chi connectivity index (χ0v) is 13.4. The molecule has 0 N–H and O–H groups in total. The molecule has 0 amide bonds. The van der Waals surface area contributed by atoms with Crippen LogP contribution >= 0.6 is 11.3 Å². The van der Waals surface area contributed by atoms with Crippen molar-refractivity contribution in [2.45, 2.75) is 26.2 Å². The quantitative estimate of drug-likeness (QED) is 0.716. The van der Waals surface area contributed by atoms with E-state index in [4.69, 9.17) is 9.97 Å². The molecule has 3 aromatic rings. The monoisotopic (exact) mass is 310 g/mol. The Morgan fingerprint density at radius 1 is 1.05 bits per heavy atom. The summed E-state index contributed by atoms with van der Waals surface area (Å²) in [5.74, 6) is 1.91. The highest BCUT2D eigenvalue weighted by Gasteiger charge is 2.19. The summed E-state index contributed by atoms with van der Waals surface area (Å²) in [4.78, 5) is 17.3. The molecule has 0 bridgehead atoms. The number of rotatable bonds is 2. The number of fused-ring (bicyclic) bond motifs is 1. The number of piperidine rings is 1. The highest BCUT2D eigenvalue weighted by atomic mass is 32.1. The van der Waals surface area contributed by atoms with Crippen molar-refractivity contribution in [3.05, 3.63) is 35.5 Å². The third kappa shape index (κ3) is 2.35. The van der Waals surface area contributed by atoms with Crippen LogP contribution in [0.25, 0.3) is 21.6 Å². The standard InChI is InChI=1S/C17H18N4S/c1-12-11-22-17-14(12)16(21-9-3-2-4-10-21)19-15(20-17)13-5-7-18-8-6-13/h5-8,11H,2-4,9-10H2,1H3. The normalized spacial score (nSPS) is 15.4. The van der Waals surface area contributed by atoms with Crippen LogP contribution in [0.15, 0.2) is 29.9 Å². The fourth-order valence-corrected chi connectivity index (χ4v) is 3.94. The van der Waals surface area contributed by atoms with Crippen LogP contribution in [-0.4, -0.2) is 28.0 Å². The molecule has 1 aliphatic heterocycles. The first-order valence-corrected chi connectivity index (χ1v) is 8.62. The summed E-state index contributed by atoms with van der Waals surface area (Å²) in [5.41, 5.74) is 2.31. The number of pyridine rings is 1. The molecular weight excluding hydrogens is 292 g/mol. The van der Waals surface area contributed by atoms with Gasteiger partial charge in [0.2, 0.25) is 0 Å². The Labute approximate surface area is 133 Å². The Balaban J connectivity index is 1.90. The van der Waals surface area contributed by atoms with Crippen molar-refractivity contribution >= 4 is 27.4 Å². The van der Waals surface area contributed by atoms with Gasteiger partial charge in [0.1, 0.15) is 10.6 Å². The van der Waals surface area contributed by atoms with Gasteiger partial charge in [-0.25, -0.2) is 9.97 Å². The van der Waals surface area contributed by atoms with Crippen LogP contribution in [0.3, 0.4) is 0 Å². The van der Waals surface area contributed by atoms with Crippen molar-refractivity contribution in [1.82, 2.24) is 15.0 Å². The van der Waals surface area contributed by atoms with Crippen LogP contribution in [-0.2, 0) is 0 Å². The fraction of sp³-hybridized carbons (Fsp3) is 0.353. The number of thiophene rings is 1. The second-order valence-corrected chi connectivity index (χ2v) is 6.61. The van der Waals surface area contributed by atoms with E-state index in [0.717, 1.165) is 35.1 Å². The van der Waals surface area contributed by atoms with Gasteiger partial charge in [0.05, 0.1) is 5.39 Å². The van der Waals surface area contributed by atoms with Gasteiger partial charge in [0.25, 0.3) is 0 Å². The topological polar surface area (TPSA) is 41.9 Å². The molecular formula is C17H18N4S. The minimum Gasteiger partial charge on any atom is -0.356 e. The van der Waals surface area contributed by atoms with Gasteiger partial charge in [-0.15, -0.1) is 11.3 Å². The molecule has 1 saturated heterocycles. The van der Waals surface area contributed by atoms with E-state index in [1.54, 1.807) is 23.7 Å². The lowest BCUT2D eigenvalue weighted by molar-refractivity contribution is 0.575. The molecule has 0 aromatic carbocycles. The second kappa shape index (κ2) is 5.65. The van der Waals surface area contributed by atoms with E-state index in [2.05, 4.69) is 22.2 Å². The Hall–Kier alpha value is -2.01. The van der Waals surface area contributed by atoms with Crippen LogP contribution in [0.2, 0.25) is 0 Å². The lowest BCUT2D eigenvalue weighted by Gasteiger charge is -2.28. The molecule has 1 aliphatic rings. The van der Waals surface area contributed by atoms with Crippen LogP contribution in [0.5, 0.6) is 0 Å². The minimum atomic E-state index is 0.803. The maximum Gasteiger partial charge on any atom is 0.163 e. The Kier molecular flexibility index (Phi) is 3.50. The van der Waals surface area contributed by atoms with E-state index in [0.29, 0.717) is 0 Å². The fourth-order valence-electron chi connectivity index (χ4n) is 3.03. The third-order valence-electron chi connectivity index (χ3n) is 4.19. The molecule has 0 radical (unpaired) electrons. The van der Waals surface area contributed by atoms with Crippen molar-refractivity contribution < 1.29 is 0 Å². The van der Waals surface area contributed by atoms with Gasteiger partial charge in [-0.2, -0.15) is 0 Å². The zero-order valence-electron chi connectivity index (χ0n) is 12.6. The smallest absolute Gasteiger partial charge is 0.163 e. The van der Waals surface area contributed by atoms with E-state index in [9.17, 15) is 0 Å². The van der Waals surface area contributed by atoms with E-state index < -0.39 is 0 Å². The number of aryl methyl sites for hydroxylation is 1. The molecule has 4 nitrogen and oxygen atoms in total. The molecule has 0 atom stereocenters. The molecule has 0 saturated carbocycles. The van der Waals surface area contributed by atoms with Crippen LogP contribution in [0, 0.1) is 6.92 Å². The second-order valence-electron chi connectivity index (χ2n) is 5.75. The van der Waals surface area contributed by atoms with Crippen LogP contribution < -0.4 is 4.90 Å². The van der Waals surface area contributed by atoms with Crippen LogP contribution in [0.1, 0.15) is 24.8 Å². The molecule has 112 valence electrons. The highest BCUT2D eigenvalue weighted by molar-refractivity contribution is 7.17. The summed E-state index contributed by atoms with van der Waals surface area (Å²) < 4.78 is 0. The van der Waals surface area contributed by atoms with Crippen LogP contribution in [0.4, 0.5) is 5.82 Å². The van der Waals surface area contributed by atoms with Crippen molar-refractivity contribution in [2.24, 2.45) is 0 Å². The summed E-state index contributed by atoms with van der Waals surface area (Å²) in [6.07, 6.45) is 7.41. The predicted molar refractivity (Wildman–Crippen MR) is 91.4 cm³/mol. The molecule has 22 heavy (non-hydrogen) atoms. The van der Waals surface area contributed by atoms with Gasteiger partial charge in [0.15, 0.2) is 5.82 Å². The Morgan fingerprint density at radius 3 is 2.59 bits per heavy atom. The van der Waals surface area contributed by atoms with Crippen molar-refractivity contribution in [1.29, 1.82) is 0 Å². The van der Waals surface area contributed by atoms with Crippen molar-refractivity contribution in [2.75, 3.05) is 18.0 Å². The molecule has 1 fully saturated rings. The van der Waals surface area contributed by atoms with E-state index in [1.165, 1.54) is 30.2 Å². The Morgan fingerprint density at radius 2 is 1.82 bits per heavy atom. The van der Waals surface area contributed by atoms with Gasteiger partial charge in [-0.1, -0.05) is 0 Å². The van der Waals surface area contributed by atoms with E-state index >= 15 is 0 Å². The first-order chi connectivity index (χ1) is 10.8. The Bertz CT molecular complexity index is 791. The average molecular weight is 310 g/mol. The van der Waals surface area contributed by atoms with Gasteiger partial charge in [-0.3, -0.25) is 4.98 Å². The molecule has 4 rings (SSSR count).